The van der Waals surface area contributed by atoms with Crippen LogP contribution in [0.15, 0.2) is 43.0 Å². The smallest absolute Gasteiger partial charge is 0.244 e. The zero-order valence-corrected chi connectivity index (χ0v) is 14.2. The molecule has 0 aromatic carbocycles. The van der Waals surface area contributed by atoms with Gasteiger partial charge in [-0.3, -0.25) is 14.8 Å². The molecule has 0 aliphatic heterocycles. The molecule has 0 fully saturated rings. The SMILES string of the molecule is Cc1cncc(/C=C/C(=O)NCC(CO)Cc2ccncc2Cl)c1. The van der Waals surface area contributed by atoms with Gasteiger partial charge in [-0.1, -0.05) is 11.6 Å². The largest absolute Gasteiger partial charge is 0.396 e. The molecule has 2 aromatic rings. The van der Waals surface area contributed by atoms with Crippen molar-refractivity contribution in [3.63, 3.8) is 0 Å². The van der Waals surface area contributed by atoms with E-state index < -0.39 is 0 Å². The zero-order chi connectivity index (χ0) is 17.4. The molecule has 0 bridgehead atoms. The standard InChI is InChI=1S/C18H20ClN3O2/c1-13-6-14(9-21-8-13)2-3-18(24)22-10-15(12-23)7-16-4-5-20-11-17(16)19/h2-6,8-9,11,15,23H,7,10,12H2,1H3,(H,22,24)/b3-2+. The van der Waals surface area contributed by atoms with Crippen molar-refractivity contribution in [1.29, 1.82) is 0 Å². The fraction of sp³-hybridized carbons (Fsp3) is 0.278. The minimum absolute atomic E-state index is 0.0373. The summed E-state index contributed by atoms with van der Waals surface area (Å²) < 4.78 is 0. The maximum atomic E-state index is 11.9. The molecule has 0 saturated carbocycles. The van der Waals surface area contributed by atoms with Crippen LogP contribution >= 0.6 is 11.6 Å². The third-order valence-corrected chi connectivity index (χ3v) is 3.85. The second-order valence-corrected chi connectivity index (χ2v) is 6.00. The topological polar surface area (TPSA) is 75.1 Å². The second-order valence-electron chi connectivity index (χ2n) is 5.59. The molecule has 2 N–H and O–H groups in total. The van der Waals surface area contributed by atoms with Crippen molar-refractivity contribution in [2.45, 2.75) is 13.3 Å². The summed E-state index contributed by atoms with van der Waals surface area (Å²) in [7, 11) is 0. The molecule has 0 aliphatic carbocycles. The van der Waals surface area contributed by atoms with Gasteiger partial charge >= 0.3 is 0 Å². The summed E-state index contributed by atoms with van der Waals surface area (Å²) in [5.41, 5.74) is 2.81. The highest BCUT2D eigenvalue weighted by atomic mass is 35.5. The van der Waals surface area contributed by atoms with E-state index in [1.807, 2.05) is 19.1 Å². The van der Waals surface area contributed by atoms with Crippen LogP contribution in [-0.2, 0) is 11.2 Å². The molecule has 126 valence electrons. The van der Waals surface area contributed by atoms with E-state index in [9.17, 15) is 9.90 Å². The maximum absolute atomic E-state index is 11.9. The Kier molecular flexibility index (Phi) is 6.90. The van der Waals surface area contributed by atoms with Gasteiger partial charge in [-0.25, -0.2) is 0 Å². The van der Waals surface area contributed by atoms with Gasteiger partial charge in [0.15, 0.2) is 0 Å². The summed E-state index contributed by atoms with van der Waals surface area (Å²) in [4.78, 5) is 19.9. The quantitative estimate of drug-likeness (QED) is 0.756. The lowest BCUT2D eigenvalue weighted by Crippen LogP contribution is -2.30. The van der Waals surface area contributed by atoms with Gasteiger partial charge < -0.3 is 10.4 Å². The Morgan fingerprint density at radius 2 is 2.21 bits per heavy atom. The summed E-state index contributed by atoms with van der Waals surface area (Å²) in [5.74, 6) is -0.321. The van der Waals surface area contributed by atoms with Crippen molar-refractivity contribution < 1.29 is 9.90 Å². The highest BCUT2D eigenvalue weighted by Crippen LogP contribution is 2.17. The Morgan fingerprint density at radius 1 is 1.38 bits per heavy atom. The van der Waals surface area contributed by atoms with Gasteiger partial charge in [-0.15, -0.1) is 0 Å². The van der Waals surface area contributed by atoms with Crippen molar-refractivity contribution in [3.05, 3.63) is 64.7 Å². The first-order valence-corrected chi connectivity index (χ1v) is 8.03. The van der Waals surface area contributed by atoms with Crippen LogP contribution in [0.25, 0.3) is 6.08 Å². The van der Waals surface area contributed by atoms with Crippen LogP contribution in [-0.4, -0.2) is 34.1 Å². The average molecular weight is 346 g/mol. The van der Waals surface area contributed by atoms with Crippen LogP contribution in [0.3, 0.4) is 0 Å². The van der Waals surface area contributed by atoms with Gasteiger partial charge in [0, 0.05) is 49.9 Å². The van der Waals surface area contributed by atoms with Crippen LogP contribution in [0.1, 0.15) is 16.7 Å². The number of aliphatic hydroxyl groups is 1. The monoisotopic (exact) mass is 345 g/mol. The summed E-state index contributed by atoms with van der Waals surface area (Å²) >= 11 is 6.07. The number of hydrogen-bond donors (Lipinski definition) is 2. The number of carbonyl (C=O) groups excluding carboxylic acids is 1. The van der Waals surface area contributed by atoms with Gasteiger partial charge in [0.2, 0.25) is 5.91 Å². The van der Waals surface area contributed by atoms with E-state index in [-0.39, 0.29) is 18.4 Å². The van der Waals surface area contributed by atoms with E-state index in [0.29, 0.717) is 18.0 Å². The molecule has 2 aromatic heterocycles. The Balaban J connectivity index is 1.86. The van der Waals surface area contributed by atoms with Crippen molar-refractivity contribution in [3.8, 4) is 0 Å². The van der Waals surface area contributed by atoms with Gasteiger partial charge in [-0.05, 0) is 48.2 Å². The van der Waals surface area contributed by atoms with E-state index in [1.54, 1.807) is 30.9 Å². The van der Waals surface area contributed by atoms with Crippen molar-refractivity contribution in [1.82, 2.24) is 15.3 Å². The molecule has 0 radical (unpaired) electrons. The van der Waals surface area contributed by atoms with Gasteiger partial charge in [0.25, 0.3) is 0 Å². The number of carbonyl (C=O) groups is 1. The number of hydrogen-bond acceptors (Lipinski definition) is 4. The van der Waals surface area contributed by atoms with Crippen LogP contribution in [0.5, 0.6) is 0 Å². The highest BCUT2D eigenvalue weighted by molar-refractivity contribution is 6.31. The number of rotatable bonds is 7. The van der Waals surface area contributed by atoms with Gasteiger partial charge in [0.05, 0.1) is 5.02 Å². The van der Waals surface area contributed by atoms with Crippen LogP contribution in [0.2, 0.25) is 5.02 Å². The first-order chi connectivity index (χ1) is 11.6. The maximum Gasteiger partial charge on any atom is 0.244 e. The van der Waals surface area contributed by atoms with E-state index in [2.05, 4.69) is 15.3 Å². The molecule has 0 saturated heterocycles. The number of amides is 1. The lowest BCUT2D eigenvalue weighted by molar-refractivity contribution is -0.116. The molecule has 1 atom stereocenters. The number of aryl methyl sites for hydroxylation is 1. The lowest BCUT2D eigenvalue weighted by Gasteiger charge is -2.15. The predicted octanol–water partition coefficient (Wildman–Crippen LogP) is 2.42. The molecule has 0 aliphatic rings. The third kappa shape index (κ3) is 5.76. The number of nitrogens with zero attached hydrogens (tertiary/aromatic N) is 2. The van der Waals surface area contributed by atoms with Crippen molar-refractivity contribution in [2.24, 2.45) is 5.92 Å². The van der Waals surface area contributed by atoms with Crippen LogP contribution < -0.4 is 5.32 Å². The average Bonchev–Trinajstić information content (AvgIpc) is 2.58. The van der Waals surface area contributed by atoms with Gasteiger partial charge in [0.1, 0.15) is 0 Å². The predicted molar refractivity (Wildman–Crippen MR) is 94.5 cm³/mol. The molecule has 0 spiro atoms. The fourth-order valence-electron chi connectivity index (χ4n) is 2.23. The minimum atomic E-state index is -0.212. The summed E-state index contributed by atoms with van der Waals surface area (Å²) in [5, 5.41) is 12.9. The van der Waals surface area contributed by atoms with E-state index >= 15 is 0 Å². The highest BCUT2D eigenvalue weighted by Gasteiger charge is 2.11. The zero-order valence-electron chi connectivity index (χ0n) is 13.4. The number of halogens is 1. The van der Waals surface area contributed by atoms with Gasteiger partial charge in [-0.2, -0.15) is 0 Å². The van der Waals surface area contributed by atoms with E-state index in [4.69, 9.17) is 11.6 Å². The van der Waals surface area contributed by atoms with Crippen molar-refractivity contribution >= 4 is 23.6 Å². The Labute approximate surface area is 146 Å². The number of pyridine rings is 2. The first kappa shape index (κ1) is 18.1. The Hall–Kier alpha value is -2.24. The third-order valence-electron chi connectivity index (χ3n) is 3.51. The molecule has 1 amide bonds. The summed E-state index contributed by atoms with van der Waals surface area (Å²) in [6.07, 6.45) is 10.4. The van der Waals surface area contributed by atoms with Crippen molar-refractivity contribution in [2.75, 3.05) is 13.2 Å². The first-order valence-electron chi connectivity index (χ1n) is 7.65. The normalized spacial score (nSPS) is 12.3. The molecule has 2 heterocycles. The molecular weight excluding hydrogens is 326 g/mol. The molecule has 5 nitrogen and oxygen atoms in total. The fourth-order valence-corrected chi connectivity index (χ4v) is 2.42. The number of nitrogens with one attached hydrogen (secondary N) is 1. The summed E-state index contributed by atoms with van der Waals surface area (Å²) in [6.45, 7) is 2.27. The molecule has 2 rings (SSSR count). The van der Waals surface area contributed by atoms with Crippen LogP contribution in [0, 0.1) is 12.8 Å². The molecule has 1 unspecified atom stereocenters. The lowest BCUT2D eigenvalue weighted by atomic mass is 10.0. The van der Waals surface area contributed by atoms with Crippen LogP contribution in [0.4, 0.5) is 0 Å². The molecule has 6 heteroatoms. The summed E-state index contributed by atoms with van der Waals surface area (Å²) in [6, 6.07) is 3.76. The second kappa shape index (κ2) is 9.15. The number of aromatic nitrogens is 2. The molecular formula is C18H20ClN3O2. The molecule has 24 heavy (non-hydrogen) atoms. The number of aliphatic hydroxyl groups excluding tert-OH is 1. The minimum Gasteiger partial charge on any atom is -0.396 e. The van der Waals surface area contributed by atoms with E-state index in [1.165, 1.54) is 6.08 Å². The Bertz CT molecular complexity index is 719. The Morgan fingerprint density at radius 3 is 2.92 bits per heavy atom. The van der Waals surface area contributed by atoms with E-state index in [0.717, 1.165) is 16.7 Å².